The van der Waals surface area contributed by atoms with Crippen molar-refractivity contribution in [1.82, 2.24) is 20.6 Å². The Balaban J connectivity index is 1.46. The molecule has 1 N–H and O–H groups in total. The van der Waals surface area contributed by atoms with Crippen molar-refractivity contribution in [3.05, 3.63) is 95.5 Å². The molecule has 3 aromatic carbocycles. The second kappa shape index (κ2) is 10.3. The Morgan fingerprint density at radius 2 is 1.50 bits per heavy atom. The molecule has 4 aromatic rings. The smallest absolute Gasteiger partial charge is 0.336 e. The van der Waals surface area contributed by atoms with Crippen molar-refractivity contribution in [2.75, 3.05) is 6.61 Å². The summed E-state index contributed by atoms with van der Waals surface area (Å²) in [4.78, 5) is 16.6. The number of hydrogen-bond donors (Lipinski definition) is 1. The number of carbonyl (C=O) groups is 1. The van der Waals surface area contributed by atoms with E-state index in [1.165, 1.54) is 6.21 Å². The van der Waals surface area contributed by atoms with Crippen LogP contribution in [0.1, 0.15) is 5.56 Å². The van der Waals surface area contributed by atoms with Gasteiger partial charge in [0.25, 0.3) is 5.91 Å². The van der Waals surface area contributed by atoms with Gasteiger partial charge in [-0.3, -0.25) is 4.79 Å². The van der Waals surface area contributed by atoms with Crippen LogP contribution in [0.5, 0.6) is 6.01 Å². The Hall–Kier alpha value is -4.10. The van der Waals surface area contributed by atoms with Gasteiger partial charge in [0.1, 0.15) is 11.4 Å². The minimum atomic E-state index is -0.452. The van der Waals surface area contributed by atoms with E-state index < -0.39 is 5.91 Å². The number of amides is 1. The van der Waals surface area contributed by atoms with Crippen molar-refractivity contribution < 1.29 is 9.53 Å². The van der Waals surface area contributed by atoms with E-state index in [2.05, 4.69) is 25.7 Å². The standard InChI is InChI=1S/C24H18ClN5O2/c25-20-13-11-17(12-14-20)15-26-28-21(31)16-32-24-27-22(18-7-3-1-4-8-18)23(29-30-24)19-9-5-2-6-10-19/h1-15H,16H2,(H,28,31)/b26-15+. The zero-order chi connectivity index (χ0) is 22.2. The summed E-state index contributed by atoms with van der Waals surface area (Å²) >= 11 is 5.84. The molecule has 1 amide bonds. The van der Waals surface area contributed by atoms with Gasteiger partial charge in [-0.15, -0.1) is 5.10 Å². The molecule has 0 fully saturated rings. The van der Waals surface area contributed by atoms with E-state index in [4.69, 9.17) is 16.3 Å². The van der Waals surface area contributed by atoms with Crippen LogP contribution in [0, 0.1) is 0 Å². The molecule has 0 spiro atoms. The lowest BCUT2D eigenvalue weighted by atomic mass is 10.0. The lowest BCUT2D eigenvalue weighted by Crippen LogP contribution is -2.25. The van der Waals surface area contributed by atoms with Gasteiger partial charge in [0.15, 0.2) is 6.61 Å². The summed E-state index contributed by atoms with van der Waals surface area (Å²) in [6.45, 7) is -0.307. The number of hydrazone groups is 1. The highest BCUT2D eigenvalue weighted by Crippen LogP contribution is 2.29. The second-order valence-electron chi connectivity index (χ2n) is 6.66. The lowest BCUT2D eigenvalue weighted by Gasteiger charge is -2.09. The first kappa shape index (κ1) is 21.1. The number of hydrogen-bond acceptors (Lipinski definition) is 6. The number of aromatic nitrogens is 3. The van der Waals surface area contributed by atoms with Crippen LogP contribution in [0.4, 0.5) is 0 Å². The van der Waals surface area contributed by atoms with Gasteiger partial charge in [0, 0.05) is 16.1 Å². The monoisotopic (exact) mass is 443 g/mol. The number of nitrogens with zero attached hydrogens (tertiary/aromatic N) is 4. The maximum atomic E-state index is 12.1. The van der Waals surface area contributed by atoms with E-state index >= 15 is 0 Å². The molecule has 1 heterocycles. The molecule has 0 aliphatic heterocycles. The van der Waals surface area contributed by atoms with Crippen LogP contribution in [0.2, 0.25) is 5.02 Å². The highest BCUT2D eigenvalue weighted by Gasteiger charge is 2.14. The molecule has 4 rings (SSSR count). The molecular weight excluding hydrogens is 426 g/mol. The average molecular weight is 444 g/mol. The fraction of sp³-hybridized carbons (Fsp3) is 0.0417. The molecule has 0 radical (unpaired) electrons. The van der Waals surface area contributed by atoms with E-state index in [1.54, 1.807) is 24.3 Å². The third-order valence-electron chi connectivity index (χ3n) is 4.37. The number of rotatable bonds is 7. The fourth-order valence-corrected chi connectivity index (χ4v) is 2.98. The van der Waals surface area contributed by atoms with Crippen molar-refractivity contribution in [3.8, 4) is 28.5 Å². The van der Waals surface area contributed by atoms with Gasteiger partial charge in [-0.2, -0.15) is 10.1 Å². The SMILES string of the molecule is O=C(COc1nnc(-c2ccccc2)c(-c2ccccc2)n1)N/N=C/c1ccc(Cl)cc1. The largest absolute Gasteiger partial charge is 0.452 e. The van der Waals surface area contributed by atoms with Gasteiger partial charge in [0.05, 0.1) is 6.21 Å². The maximum absolute atomic E-state index is 12.1. The van der Waals surface area contributed by atoms with Gasteiger partial charge in [-0.05, 0) is 17.7 Å². The maximum Gasteiger partial charge on any atom is 0.336 e. The Morgan fingerprint density at radius 1 is 0.875 bits per heavy atom. The molecule has 0 atom stereocenters. The fourth-order valence-electron chi connectivity index (χ4n) is 2.85. The molecule has 0 aliphatic carbocycles. The highest BCUT2D eigenvalue weighted by molar-refractivity contribution is 6.30. The summed E-state index contributed by atoms with van der Waals surface area (Å²) in [5.41, 5.74) is 6.18. The number of benzene rings is 3. The first-order chi connectivity index (χ1) is 15.7. The Labute approximate surface area is 189 Å². The second-order valence-corrected chi connectivity index (χ2v) is 7.09. The molecule has 0 bridgehead atoms. The topological polar surface area (TPSA) is 89.4 Å². The third kappa shape index (κ3) is 5.53. The summed E-state index contributed by atoms with van der Waals surface area (Å²) in [6.07, 6.45) is 1.51. The van der Waals surface area contributed by atoms with Crippen LogP contribution in [-0.2, 0) is 4.79 Å². The van der Waals surface area contributed by atoms with E-state index in [-0.39, 0.29) is 12.6 Å². The van der Waals surface area contributed by atoms with Crippen LogP contribution in [-0.4, -0.2) is 33.9 Å². The summed E-state index contributed by atoms with van der Waals surface area (Å²) in [6, 6.07) is 26.3. The Bertz CT molecular complexity index is 1220. The summed E-state index contributed by atoms with van der Waals surface area (Å²) in [5, 5.41) is 12.9. The van der Waals surface area contributed by atoms with Crippen molar-refractivity contribution in [1.29, 1.82) is 0 Å². The van der Waals surface area contributed by atoms with E-state index in [1.807, 2.05) is 60.7 Å². The first-order valence-electron chi connectivity index (χ1n) is 9.75. The van der Waals surface area contributed by atoms with Crippen LogP contribution in [0.3, 0.4) is 0 Å². The molecule has 8 heteroatoms. The average Bonchev–Trinajstić information content (AvgIpc) is 2.85. The lowest BCUT2D eigenvalue weighted by molar-refractivity contribution is -0.123. The normalized spacial score (nSPS) is 10.8. The molecule has 158 valence electrons. The Morgan fingerprint density at radius 3 is 2.16 bits per heavy atom. The minimum absolute atomic E-state index is 0.000338. The minimum Gasteiger partial charge on any atom is -0.452 e. The molecule has 0 saturated heterocycles. The van der Waals surface area contributed by atoms with Gasteiger partial charge < -0.3 is 4.74 Å². The van der Waals surface area contributed by atoms with Crippen molar-refractivity contribution in [3.63, 3.8) is 0 Å². The van der Waals surface area contributed by atoms with Gasteiger partial charge in [-0.25, -0.2) is 5.43 Å². The molecule has 0 aliphatic rings. The molecule has 1 aromatic heterocycles. The number of ether oxygens (including phenoxy) is 1. The summed E-state index contributed by atoms with van der Waals surface area (Å²) in [7, 11) is 0. The van der Waals surface area contributed by atoms with Crippen LogP contribution >= 0.6 is 11.6 Å². The summed E-state index contributed by atoms with van der Waals surface area (Å²) < 4.78 is 5.45. The third-order valence-corrected chi connectivity index (χ3v) is 4.62. The molecule has 7 nitrogen and oxygen atoms in total. The molecular formula is C24H18ClN5O2. The molecule has 0 unspecified atom stereocenters. The Kier molecular flexibility index (Phi) is 6.79. The van der Waals surface area contributed by atoms with Crippen molar-refractivity contribution in [2.45, 2.75) is 0 Å². The zero-order valence-electron chi connectivity index (χ0n) is 16.9. The van der Waals surface area contributed by atoms with E-state index in [9.17, 15) is 4.79 Å². The highest BCUT2D eigenvalue weighted by atomic mass is 35.5. The number of carbonyl (C=O) groups excluding carboxylic acids is 1. The van der Waals surface area contributed by atoms with Crippen molar-refractivity contribution >= 4 is 23.7 Å². The van der Waals surface area contributed by atoms with Crippen LogP contribution < -0.4 is 10.2 Å². The van der Waals surface area contributed by atoms with E-state index in [0.717, 1.165) is 16.7 Å². The quantitative estimate of drug-likeness (QED) is 0.338. The van der Waals surface area contributed by atoms with Crippen LogP contribution in [0.25, 0.3) is 22.5 Å². The van der Waals surface area contributed by atoms with E-state index in [0.29, 0.717) is 16.4 Å². The van der Waals surface area contributed by atoms with Crippen molar-refractivity contribution in [2.24, 2.45) is 5.10 Å². The van der Waals surface area contributed by atoms with Gasteiger partial charge in [-0.1, -0.05) is 89.5 Å². The van der Waals surface area contributed by atoms with Crippen LogP contribution in [0.15, 0.2) is 90.0 Å². The molecule has 32 heavy (non-hydrogen) atoms. The summed E-state index contributed by atoms with van der Waals surface area (Å²) in [5.74, 6) is -0.452. The predicted molar refractivity (Wildman–Crippen MR) is 123 cm³/mol. The van der Waals surface area contributed by atoms with Gasteiger partial charge >= 0.3 is 6.01 Å². The first-order valence-corrected chi connectivity index (χ1v) is 10.1. The predicted octanol–water partition coefficient (Wildman–Crippen LogP) is 4.39. The van der Waals surface area contributed by atoms with Gasteiger partial charge in [0.2, 0.25) is 0 Å². The zero-order valence-corrected chi connectivity index (χ0v) is 17.6. The number of nitrogens with one attached hydrogen (secondary N) is 1. The number of halogens is 1. The molecule has 0 saturated carbocycles.